The highest BCUT2D eigenvalue weighted by Crippen LogP contribution is 2.30. The van der Waals surface area contributed by atoms with Crippen LogP contribution in [-0.2, 0) is 0 Å². The minimum absolute atomic E-state index is 0.752. The summed E-state index contributed by atoms with van der Waals surface area (Å²) in [5.41, 5.74) is 5.90. The zero-order valence-electron chi connectivity index (χ0n) is 15.7. The predicted molar refractivity (Wildman–Crippen MR) is 107 cm³/mol. The third kappa shape index (κ3) is 8.34. The number of hydrogen-bond acceptors (Lipinski definition) is 4. The molecular formula is C20H35N5. The summed E-state index contributed by atoms with van der Waals surface area (Å²) >= 11 is 0. The molecule has 0 spiro atoms. The lowest BCUT2D eigenvalue weighted by atomic mass is 9.80. The fourth-order valence-electron chi connectivity index (χ4n) is 3.46. The molecule has 0 unspecified atom stereocenters. The highest BCUT2D eigenvalue weighted by molar-refractivity contribution is 5.80. The second-order valence-corrected chi connectivity index (χ2v) is 7.15. The van der Waals surface area contributed by atoms with Gasteiger partial charge in [0, 0.05) is 32.3 Å². The van der Waals surface area contributed by atoms with Crippen molar-refractivity contribution in [3.8, 4) is 0 Å². The second-order valence-electron chi connectivity index (χ2n) is 7.15. The molecular weight excluding hydrogens is 310 g/mol. The summed E-state index contributed by atoms with van der Waals surface area (Å²) in [6.45, 7) is 6.10. The first-order valence-corrected chi connectivity index (χ1v) is 9.92. The van der Waals surface area contributed by atoms with E-state index in [1.54, 1.807) is 0 Å². The smallest absolute Gasteiger partial charge is 0.125 e. The molecule has 0 amide bonds. The third-order valence-electron chi connectivity index (χ3n) is 5.03. The number of amidine groups is 1. The van der Waals surface area contributed by atoms with Crippen molar-refractivity contribution in [3.63, 3.8) is 0 Å². The molecule has 1 saturated carbocycles. The molecule has 140 valence electrons. The molecule has 0 aliphatic heterocycles. The van der Waals surface area contributed by atoms with Crippen LogP contribution in [0.25, 0.3) is 0 Å². The average Bonchev–Trinajstić information content (AvgIpc) is 2.65. The lowest BCUT2D eigenvalue weighted by Gasteiger charge is -2.27. The van der Waals surface area contributed by atoms with Crippen molar-refractivity contribution in [2.45, 2.75) is 51.9 Å². The monoisotopic (exact) mass is 345 g/mol. The number of nitrogens with one attached hydrogen (secondary N) is 2. The largest absolute Gasteiger partial charge is 0.387 e. The van der Waals surface area contributed by atoms with E-state index in [1.807, 2.05) is 24.4 Å². The summed E-state index contributed by atoms with van der Waals surface area (Å²) in [5, 5.41) is 6.86. The van der Waals surface area contributed by atoms with E-state index < -0.39 is 0 Å². The number of rotatable bonds is 11. The summed E-state index contributed by atoms with van der Waals surface area (Å²) in [4.78, 5) is 8.81. The molecule has 2 rings (SSSR count). The Morgan fingerprint density at radius 1 is 1.16 bits per heavy atom. The standard InChI is InChI=1S/C20H35N5/c1-2-5-19(21)25-16-18-9-7-17(8-10-18)11-13-22-14-15-24-20-6-3-4-12-23-20/h3-4,6,12,17-18,22H,2,5,7-11,13-16H2,1H3,(H2,21,25)(H,23,24). The Bertz CT molecular complexity index is 480. The van der Waals surface area contributed by atoms with Gasteiger partial charge in [-0.15, -0.1) is 0 Å². The Morgan fingerprint density at radius 3 is 2.68 bits per heavy atom. The van der Waals surface area contributed by atoms with Gasteiger partial charge in [0.1, 0.15) is 5.82 Å². The van der Waals surface area contributed by atoms with Crippen LogP contribution in [-0.4, -0.2) is 37.0 Å². The van der Waals surface area contributed by atoms with E-state index in [0.29, 0.717) is 0 Å². The highest BCUT2D eigenvalue weighted by Gasteiger charge is 2.20. The van der Waals surface area contributed by atoms with Crippen LogP contribution >= 0.6 is 0 Å². The molecule has 5 heteroatoms. The van der Waals surface area contributed by atoms with Gasteiger partial charge in [-0.3, -0.25) is 4.99 Å². The fraction of sp³-hybridized carbons (Fsp3) is 0.700. The molecule has 1 heterocycles. The molecule has 0 atom stereocenters. The SMILES string of the molecule is CCCC(N)=NCC1CCC(CCNCCNc2ccccn2)CC1. The van der Waals surface area contributed by atoms with E-state index in [1.165, 1.54) is 32.1 Å². The summed E-state index contributed by atoms with van der Waals surface area (Å²) in [5.74, 6) is 3.42. The zero-order chi connectivity index (χ0) is 17.7. The molecule has 1 aliphatic carbocycles. The molecule has 1 fully saturated rings. The first-order valence-electron chi connectivity index (χ1n) is 9.92. The van der Waals surface area contributed by atoms with E-state index in [4.69, 9.17) is 5.73 Å². The molecule has 1 aromatic rings. The summed E-state index contributed by atoms with van der Waals surface area (Å²) in [6, 6.07) is 5.94. The van der Waals surface area contributed by atoms with Crippen LogP contribution in [0.15, 0.2) is 29.4 Å². The maximum atomic E-state index is 5.90. The Morgan fingerprint density at radius 2 is 1.96 bits per heavy atom. The van der Waals surface area contributed by atoms with E-state index in [2.05, 4.69) is 27.5 Å². The van der Waals surface area contributed by atoms with Gasteiger partial charge in [0.2, 0.25) is 0 Å². The number of aromatic nitrogens is 1. The first kappa shape index (κ1) is 19.7. The maximum Gasteiger partial charge on any atom is 0.125 e. The van der Waals surface area contributed by atoms with Crippen molar-refractivity contribution >= 4 is 11.7 Å². The lowest BCUT2D eigenvalue weighted by molar-refractivity contribution is 0.267. The van der Waals surface area contributed by atoms with Crippen LogP contribution in [0.5, 0.6) is 0 Å². The summed E-state index contributed by atoms with van der Waals surface area (Å²) in [6.07, 6.45) is 10.5. The summed E-state index contributed by atoms with van der Waals surface area (Å²) < 4.78 is 0. The van der Waals surface area contributed by atoms with Crippen LogP contribution in [0.1, 0.15) is 51.9 Å². The first-order chi connectivity index (χ1) is 12.3. The maximum absolute atomic E-state index is 5.90. The van der Waals surface area contributed by atoms with Gasteiger partial charge in [-0.1, -0.05) is 25.8 Å². The van der Waals surface area contributed by atoms with E-state index in [0.717, 1.165) is 62.5 Å². The van der Waals surface area contributed by atoms with Gasteiger partial charge in [-0.25, -0.2) is 4.98 Å². The van der Waals surface area contributed by atoms with Gasteiger partial charge in [-0.2, -0.15) is 0 Å². The molecule has 0 saturated heterocycles. The van der Waals surface area contributed by atoms with Gasteiger partial charge in [0.05, 0.1) is 5.84 Å². The topological polar surface area (TPSA) is 75.3 Å². The number of pyridine rings is 1. The Kier molecular flexibility index (Phi) is 9.34. The van der Waals surface area contributed by atoms with E-state index in [-0.39, 0.29) is 0 Å². The molecule has 1 aromatic heterocycles. The van der Waals surface area contributed by atoms with Crippen molar-refractivity contribution in [1.29, 1.82) is 0 Å². The normalized spacial score (nSPS) is 21.2. The van der Waals surface area contributed by atoms with Gasteiger partial charge in [0.15, 0.2) is 0 Å². The minimum Gasteiger partial charge on any atom is -0.387 e. The molecule has 4 N–H and O–H groups in total. The van der Waals surface area contributed by atoms with Gasteiger partial charge >= 0.3 is 0 Å². The number of hydrogen-bond donors (Lipinski definition) is 3. The lowest BCUT2D eigenvalue weighted by Crippen LogP contribution is -2.26. The van der Waals surface area contributed by atoms with Crippen molar-refractivity contribution in [3.05, 3.63) is 24.4 Å². The van der Waals surface area contributed by atoms with Gasteiger partial charge in [-0.05, 0) is 56.2 Å². The van der Waals surface area contributed by atoms with Gasteiger partial charge < -0.3 is 16.4 Å². The Hall–Kier alpha value is -1.62. The van der Waals surface area contributed by atoms with Gasteiger partial charge in [0.25, 0.3) is 0 Å². The molecule has 5 nitrogen and oxygen atoms in total. The third-order valence-corrected chi connectivity index (χ3v) is 5.03. The predicted octanol–water partition coefficient (Wildman–Crippen LogP) is 3.44. The molecule has 0 bridgehead atoms. The molecule has 25 heavy (non-hydrogen) atoms. The Balaban J connectivity index is 1.47. The van der Waals surface area contributed by atoms with Crippen molar-refractivity contribution in [2.75, 3.05) is 31.5 Å². The summed E-state index contributed by atoms with van der Waals surface area (Å²) in [7, 11) is 0. The van der Waals surface area contributed by atoms with Crippen molar-refractivity contribution < 1.29 is 0 Å². The van der Waals surface area contributed by atoms with Crippen LogP contribution < -0.4 is 16.4 Å². The van der Waals surface area contributed by atoms with Crippen molar-refractivity contribution in [2.24, 2.45) is 22.6 Å². The minimum atomic E-state index is 0.752. The van der Waals surface area contributed by atoms with E-state index in [9.17, 15) is 0 Å². The van der Waals surface area contributed by atoms with Crippen LogP contribution in [0.4, 0.5) is 5.82 Å². The number of aliphatic imine (C=N–C) groups is 1. The molecule has 1 aliphatic rings. The van der Waals surface area contributed by atoms with Crippen LogP contribution in [0, 0.1) is 11.8 Å². The fourth-order valence-corrected chi connectivity index (χ4v) is 3.46. The van der Waals surface area contributed by atoms with Crippen LogP contribution in [0.2, 0.25) is 0 Å². The number of nitrogens with zero attached hydrogens (tertiary/aromatic N) is 2. The highest BCUT2D eigenvalue weighted by atomic mass is 15.0. The molecule has 0 aromatic carbocycles. The second kappa shape index (κ2) is 11.9. The van der Waals surface area contributed by atoms with E-state index >= 15 is 0 Å². The van der Waals surface area contributed by atoms with Crippen molar-refractivity contribution in [1.82, 2.24) is 10.3 Å². The van der Waals surface area contributed by atoms with Crippen LogP contribution in [0.3, 0.4) is 0 Å². The zero-order valence-corrected chi connectivity index (χ0v) is 15.7. The number of anilines is 1. The quantitative estimate of drug-likeness (QED) is 0.326. The Labute approximate surface area is 152 Å². The average molecular weight is 346 g/mol. The molecule has 0 radical (unpaired) electrons. The number of nitrogens with two attached hydrogens (primary N) is 1.